The monoisotopic (exact) mass is 451 g/mol. The lowest BCUT2D eigenvalue weighted by Crippen LogP contribution is -2.48. The van der Waals surface area contributed by atoms with Crippen LogP contribution in [0, 0.1) is 0 Å². The average Bonchev–Trinajstić information content (AvgIpc) is 3.08. The van der Waals surface area contributed by atoms with E-state index in [0.29, 0.717) is 34.7 Å². The molecule has 0 aliphatic carbocycles. The molecule has 2 heterocycles. The van der Waals surface area contributed by atoms with E-state index in [-0.39, 0.29) is 0 Å². The molecule has 1 aliphatic heterocycles. The van der Waals surface area contributed by atoms with Gasteiger partial charge in [0.1, 0.15) is 6.04 Å². The van der Waals surface area contributed by atoms with Crippen molar-refractivity contribution in [1.82, 2.24) is 14.8 Å². The summed E-state index contributed by atoms with van der Waals surface area (Å²) in [5.74, 6) is -0.861. The van der Waals surface area contributed by atoms with E-state index in [1.54, 1.807) is 18.3 Å². The summed E-state index contributed by atoms with van der Waals surface area (Å²) < 4.78 is 0. The van der Waals surface area contributed by atoms with Crippen LogP contribution in [0.3, 0.4) is 0 Å². The van der Waals surface area contributed by atoms with Crippen LogP contribution in [0.1, 0.15) is 17.2 Å². The number of carboxylic acid groups (broad SMARTS) is 1. The zero-order valence-electron chi connectivity index (χ0n) is 15.5. The van der Waals surface area contributed by atoms with E-state index >= 15 is 0 Å². The molecule has 0 saturated carbocycles. The molecule has 2 N–H and O–H groups in total. The molecule has 0 bridgehead atoms. The maximum atomic E-state index is 12.1. The van der Waals surface area contributed by atoms with Crippen LogP contribution >= 0.6 is 34.8 Å². The fourth-order valence-corrected chi connectivity index (χ4v) is 4.54. The number of rotatable bonds is 5. The van der Waals surface area contributed by atoms with Crippen molar-refractivity contribution < 1.29 is 9.90 Å². The first-order chi connectivity index (χ1) is 13.9. The molecular formula is C21H20Cl3N3O2. The van der Waals surface area contributed by atoms with E-state index in [9.17, 15) is 9.90 Å². The van der Waals surface area contributed by atoms with Crippen molar-refractivity contribution in [3.05, 3.63) is 68.8 Å². The fourth-order valence-electron chi connectivity index (χ4n) is 3.90. The number of carboxylic acids is 1. The predicted octanol–water partition coefficient (Wildman–Crippen LogP) is 5.07. The third-order valence-electron chi connectivity index (χ3n) is 5.39. The van der Waals surface area contributed by atoms with E-state index < -0.39 is 12.0 Å². The van der Waals surface area contributed by atoms with Gasteiger partial charge in [0.25, 0.3) is 0 Å². The van der Waals surface area contributed by atoms with Crippen molar-refractivity contribution in [2.75, 3.05) is 26.2 Å². The third-order valence-corrected chi connectivity index (χ3v) is 6.21. The predicted molar refractivity (Wildman–Crippen MR) is 117 cm³/mol. The SMILES string of the molecule is O=C(O)[C@@H](c1c[nH]c2ccc(Cl)cc12)N1CCN(Cc2ccc(Cl)cc2Cl)CC1. The Hall–Kier alpha value is -1.76. The summed E-state index contributed by atoms with van der Waals surface area (Å²) in [6.07, 6.45) is 1.78. The largest absolute Gasteiger partial charge is 0.480 e. The second-order valence-electron chi connectivity index (χ2n) is 7.22. The topological polar surface area (TPSA) is 59.6 Å². The van der Waals surface area contributed by atoms with Crippen molar-refractivity contribution >= 4 is 51.7 Å². The first-order valence-corrected chi connectivity index (χ1v) is 10.5. The highest BCUT2D eigenvalue weighted by Gasteiger charge is 2.32. The summed E-state index contributed by atoms with van der Waals surface area (Å²) in [4.78, 5) is 19.6. The van der Waals surface area contributed by atoms with Crippen molar-refractivity contribution in [2.24, 2.45) is 0 Å². The zero-order chi connectivity index (χ0) is 20.5. The van der Waals surface area contributed by atoms with E-state index in [1.165, 1.54) is 0 Å². The third kappa shape index (κ3) is 4.39. The van der Waals surface area contributed by atoms with Crippen LogP contribution in [0.5, 0.6) is 0 Å². The molecule has 8 heteroatoms. The summed E-state index contributed by atoms with van der Waals surface area (Å²) >= 11 is 18.4. The van der Waals surface area contributed by atoms with Crippen LogP contribution in [0.25, 0.3) is 10.9 Å². The van der Waals surface area contributed by atoms with Gasteiger partial charge in [-0.05, 0) is 35.9 Å². The highest BCUT2D eigenvalue weighted by molar-refractivity contribution is 6.35. The van der Waals surface area contributed by atoms with Crippen LogP contribution in [0.4, 0.5) is 0 Å². The van der Waals surface area contributed by atoms with Crippen molar-refractivity contribution in [1.29, 1.82) is 0 Å². The molecule has 0 unspecified atom stereocenters. The zero-order valence-corrected chi connectivity index (χ0v) is 17.8. The molecule has 1 fully saturated rings. The van der Waals surface area contributed by atoms with Gasteiger partial charge >= 0.3 is 5.97 Å². The maximum absolute atomic E-state index is 12.1. The van der Waals surface area contributed by atoms with Crippen LogP contribution in [0.15, 0.2) is 42.6 Å². The molecule has 5 nitrogen and oxygen atoms in total. The molecule has 0 spiro atoms. The molecule has 29 heavy (non-hydrogen) atoms. The number of fused-ring (bicyclic) bond motifs is 1. The van der Waals surface area contributed by atoms with Crippen LogP contribution in [-0.4, -0.2) is 52.0 Å². The normalized spacial score (nSPS) is 16.9. The number of nitrogens with zero attached hydrogens (tertiary/aromatic N) is 2. The number of hydrogen-bond acceptors (Lipinski definition) is 3. The second kappa shape index (κ2) is 8.54. The summed E-state index contributed by atoms with van der Waals surface area (Å²) in [6, 6.07) is 10.3. The van der Waals surface area contributed by atoms with Gasteiger partial charge < -0.3 is 10.1 Å². The number of aromatic nitrogens is 1. The van der Waals surface area contributed by atoms with Crippen molar-refractivity contribution in [2.45, 2.75) is 12.6 Å². The molecule has 0 radical (unpaired) electrons. The molecule has 1 atom stereocenters. The highest BCUT2D eigenvalue weighted by Crippen LogP contribution is 2.31. The summed E-state index contributed by atoms with van der Waals surface area (Å²) in [7, 11) is 0. The lowest BCUT2D eigenvalue weighted by atomic mass is 10.0. The fraction of sp³-hybridized carbons (Fsp3) is 0.286. The molecular weight excluding hydrogens is 433 g/mol. The Morgan fingerprint density at radius 2 is 1.72 bits per heavy atom. The lowest BCUT2D eigenvalue weighted by molar-refractivity contribution is -0.144. The van der Waals surface area contributed by atoms with Crippen LogP contribution in [-0.2, 0) is 11.3 Å². The average molecular weight is 453 g/mol. The Bertz CT molecular complexity index is 1040. The van der Waals surface area contributed by atoms with Crippen molar-refractivity contribution in [3.63, 3.8) is 0 Å². The van der Waals surface area contributed by atoms with Gasteiger partial charge in [0.05, 0.1) is 0 Å². The minimum absolute atomic E-state index is 0.590. The molecule has 3 aromatic rings. The Kier molecular flexibility index (Phi) is 6.04. The molecule has 152 valence electrons. The minimum atomic E-state index is -0.861. The van der Waals surface area contributed by atoms with E-state index in [1.807, 2.05) is 29.2 Å². The van der Waals surface area contributed by atoms with Gasteiger partial charge in [-0.25, -0.2) is 0 Å². The Labute approximate surface area is 183 Å². The molecule has 0 amide bonds. The van der Waals surface area contributed by atoms with E-state index in [2.05, 4.69) is 9.88 Å². The summed E-state index contributed by atoms with van der Waals surface area (Å²) in [5.41, 5.74) is 2.64. The molecule has 1 aromatic heterocycles. The van der Waals surface area contributed by atoms with Gasteiger partial charge in [-0.1, -0.05) is 40.9 Å². The number of H-pyrrole nitrogens is 1. The Morgan fingerprint density at radius 1 is 1.03 bits per heavy atom. The number of aromatic amines is 1. The lowest BCUT2D eigenvalue weighted by Gasteiger charge is -2.37. The quantitative estimate of drug-likeness (QED) is 0.567. The first kappa shape index (κ1) is 20.5. The van der Waals surface area contributed by atoms with E-state index in [0.717, 1.165) is 35.1 Å². The molecule has 1 saturated heterocycles. The maximum Gasteiger partial charge on any atom is 0.325 e. The van der Waals surface area contributed by atoms with Crippen LogP contribution < -0.4 is 0 Å². The molecule has 4 rings (SSSR count). The Balaban J connectivity index is 1.49. The van der Waals surface area contributed by atoms with Gasteiger partial charge in [-0.3, -0.25) is 14.6 Å². The standard InChI is InChI=1S/C21H20Cl3N3O2/c22-14-3-4-19-16(9-14)17(11-25-19)20(21(28)29)27-7-5-26(6-8-27)12-13-1-2-15(23)10-18(13)24/h1-4,9-11,20,25H,5-8,12H2,(H,28,29)/t20-/m1/s1. The molecule has 1 aliphatic rings. The van der Waals surface area contributed by atoms with Gasteiger partial charge in [0, 0.05) is 70.5 Å². The van der Waals surface area contributed by atoms with Gasteiger partial charge in [-0.2, -0.15) is 0 Å². The number of hydrogen-bond donors (Lipinski definition) is 2. The van der Waals surface area contributed by atoms with Gasteiger partial charge in [0.2, 0.25) is 0 Å². The van der Waals surface area contributed by atoms with E-state index in [4.69, 9.17) is 34.8 Å². The summed E-state index contributed by atoms with van der Waals surface area (Å²) in [5, 5.41) is 12.7. The highest BCUT2D eigenvalue weighted by atomic mass is 35.5. The van der Waals surface area contributed by atoms with Gasteiger partial charge in [0.15, 0.2) is 0 Å². The van der Waals surface area contributed by atoms with Crippen molar-refractivity contribution in [3.8, 4) is 0 Å². The number of benzene rings is 2. The van der Waals surface area contributed by atoms with Crippen LogP contribution in [0.2, 0.25) is 15.1 Å². The second-order valence-corrected chi connectivity index (χ2v) is 8.50. The first-order valence-electron chi connectivity index (χ1n) is 9.32. The number of aliphatic carboxylic acids is 1. The smallest absolute Gasteiger partial charge is 0.325 e. The minimum Gasteiger partial charge on any atom is -0.480 e. The number of nitrogens with one attached hydrogen (secondary N) is 1. The number of halogens is 3. The molecule has 2 aromatic carbocycles. The number of piperazine rings is 1. The Morgan fingerprint density at radius 3 is 2.41 bits per heavy atom. The number of carbonyl (C=O) groups is 1. The van der Waals surface area contributed by atoms with Gasteiger partial charge in [-0.15, -0.1) is 0 Å². The summed E-state index contributed by atoms with van der Waals surface area (Å²) in [6.45, 7) is 3.52.